The zero-order valence-electron chi connectivity index (χ0n) is 16.8. The van der Waals surface area contributed by atoms with E-state index in [9.17, 15) is 4.79 Å². The van der Waals surface area contributed by atoms with Crippen molar-refractivity contribution in [2.45, 2.75) is 45.7 Å². The Labute approximate surface area is 166 Å². The van der Waals surface area contributed by atoms with Gasteiger partial charge in [-0.2, -0.15) is 0 Å². The Bertz CT molecular complexity index is 1010. The van der Waals surface area contributed by atoms with Crippen LogP contribution in [0.5, 0.6) is 0 Å². The predicted molar refractivity (Wildman–Crippen MR) is 113 cm³/mol. The Kier molecular flexibility index (Phi) is 4.90. The number of benzene rings is 2. The second-order valence-corrected chi connectivity index (χ2v) is 8.61. The van der Waals surface area contributed by atoms with Gasteiger partial charge in [-0.05, 0) is 16.5 Å². The Morgan fingerprint density at radius 1 is 1.04 bits per heavy atom. The highest BCUT2D eigenvalue weighted by atomic mass is 16.1. The molecule has 4 nitrogen and oxygen atoms in total. The topological polar surface area (TPSA) is 49.0 Å². The van der Waals surface area contributed by atoms with Crippen molar-refractivity contribution < 1.29 is 0 Å². The van der Waals surface area contributed by atoms with E-state index in [1.807, 2.05) is 30.3 Å². The number of nitrogens with zero attached hydrogens (tertiary/aromatic N) is 2. The summed E-state index contributed by atoms with van der Waals surface area (Å²) in [5, 5.41) is 0. The minimum absolute atomic E-state index is 0.0170. The number of aromatic amines is 1. The SMILES string of the molecule is CC(C)(C)c1ccc(CN2CCc3nc(-c4ccccc4)[nH]c(=O)c3C2)cc1. The van der Waals surface area contributed by atoms with Crippen molar-refractivity contribution in [2.24, 2.45) is 0 Å². The molecule has 0 saturated carbocycles. The van der Waals surface area contributed by atoms with Gasteiger partial charge in [0.05, 0.1) is 11.3 Å². The fourth-order valence-electron chi connectivity index (χ4n) is 3.72. The highest BCUT2D eigenvalue weighted by molar-refractivity contribution is 5.54. The highest BCUT2D eigenvalue weighted by Crippen LogP contribution is 2.24. The Morgan fingerprint density at radius 2 is 1.75 bits per heavy atom. The van der Waals surface area contributed by atoms with Gasteiger partial charge in [0.25, 0.3) is 5.56 Å². The minimum atomic E-state index is -0.0170. The molecular formula is C24H27N3O. The van der Waals surface area contributed by atoms with Gasteiger partial charge in [-0.3, -0.25) is 9.69 Å². The molecule has 0 radical (unpaired) electrons. The summed E-state index contributed by atoms with van der Waals surface area (Å²) in [4.78, 5) is 22.7. The average Bonchev–Trinajstić information content (AvgIpc) is 2.69. The molecule has 0 bridgehead atoms. The van der Waals surface area contributed by atoms with Crippen molar-refractivity contribution in [2.75, 3.05) is 6.54 Å². The molecule has 1 aliphatic rings. The molecular weight excluding hydrogens is 346 g/mol. The smallest absolute Gasteiger partial charge is 0.255 e. The molecule has 1 aromatic heterocycles. The largest absolute Gasteiger partial charge is 0.306 e. The van der Waals surface area contributed by atoms with Crippen molar-refractivity contribution >= 4 is 0 Å². The van der Waals surface area contributed by atoms with Gasteiger partial charge in [0.2, 0.25) is 0 Å². The molecule has 0 aliphatic carbocycles. The zero-order chi connectivity index (χ0) is 19.7. The van der Waals surface area contributed by atoms with Crippen LogP contribution in [0.4, 0.5) is 0 Å². The summed E-state index contributed by atoms with van der Waals surface area (Å²) in [5.41, 5.74) is 5.45. The maximum Gasteiger partial charge on any atom is 0.255 e. The van der Waals surface area contributed by atoms with Crippen LogP contribution in [0.1, 0.15) is 43.2 Å². The molecule has 0 amide bonds. The molecule has 144 valence electrons. The van der Waals surface area contributed by atoms with Crippen LogP contribution in [0.15, 0.2) is 59.4 Å². The van der Waals surface area contributed by atoms with E-state index in [4.69, 9.17) is 4.98 Å². The second kappa shape index (κ2) is 7.36. The van der Waals surface area contributed by atoms with Gasteiger partial charge in [-0.25, -0.2) is 4.98 Å². The number of fused-ring (bicyclic) bond motifs is 1. The van der Waals surface area contributed by atoms with Crippen LogP contribution in [-0.4, -0.2) is 21.4 Å². The summed E-state index contributed by atoms with van der Waals surface area (Å²) in [6.07, 6.45) is 0.805. The summed E-state index contributed by atoms with van der Waals surface area (Å²) in [6.45, 7) is 9.10. The summed E-state index contributed by atoms with van der Waals surface area (Å²) in [5.74, 6) is 0.663. The highest BCUT2D eigenvalue weighted by Gasteiger charge is 2.22. The van der Waals surface area contributed by atoms with Crippen molar-refractivity contribution in [3.05, 3.63) is 87.3 Å². The molecule has 0 atom stereocenters. The van der Waals surface area contributed by atoms with Crippen LogP contribution < -0.4 is 5.56 Å². The van der Waals surface area contributed by atoms with Crippen LogP contribution in [0.2, 0.25) is 0 Å². The molecule has 4 heteroatoms. The van der Waals surface area contributed by atoms with Gasteiger partial charge in [-0.15, -0.1) is 0 Å². The van der Waals surface area contributed by atoms with Crippen LogP contribution in [0.25, 0.3) is 11.4 Å². The number of hydrogen-bond donors (Lipinski definition) is 1. The van der Waals surface area contributed by atoms with E-state index in [2.05, 4.69) is 54.9 Å². The molecule has 0 saturated heterocycles. The number of nitrogens with one attached hydrogen (secondary N) is 1. The lowest BCUT2D eigenvalue weighted by atomic mass is 9.86. The number of H-pyrrole nitrogens is 1. The van der Waals surface area contributed by atoms with Crippen molar-refractivity contribution in [1.29, 1.82) is 0 Å². The zero-order valence-corrected chi connectivity index (χ0v) is 16.8. The molecule has 2 aromatic carbocycles. The minimum Gasteiger partial charge on any atom is -0.306 e. The normalized spacial score (nSPS) is 14.7. The molecule has 3 aromatic rings. The van der Waals surface area contributed by atoms with E-state index in [0.29, 0.717) is 12.4 Å². The lowest BCUT2D eigenvalue weighted by Crippen LogP contribution is -2.35. The first-order chi connectivity index (χ1) is 13.4. The van der Waals surface area contributed by atoms with Crippen molar-refractivity contribution in [3.63, 3.8) is 0 Å². The number of aromatic nitrogens is 2. The summed E-state index contributed by atoms with van der Waals surface area (Å²) < 4.78 is 0. The van der Waals surface area contributed by atoms with E-state index in [-0.39, 0.29) is 11.0 Å². The molecule has 0 spiro atoms. The molecule has 1 N–H and O–H groups in total. The van der Waals surface area contributed by atoms with E-state index >= 15 is 0 Å². The van der Waals surface area contributed by atoms with Crippen molar-refractivity contribution in [1.82, 2.24) is 14.9 Å². The van der Waals surface area contributed by atoms with Crippen LogP contribution >= 0.6 is 0 Å². The number of hydrogen-bond acceptors (Lipinski definition) is 3. The average molecular weight is 374 g/mol. The Morgan fingerprint density at radius 3 is 2.43 bits per heavy atom. The fourth-order valence-corrected chi connectivity index (χ4v) is 3.72. The van der Waals surface area contributed by atoms with Crippen LogP contribution in [0.3, 0.4) is 0 Å². The first-order valence-electron chi connectivity index (χ1n) is 9.89. The summed E-state index contributed by atoms with van der Waals surface area (Å²) in [6, 6.07) is 18.7. The third-order valence-corrected chi connectivity index (χ3v) is 5.42. The number of rotatable bonds is 3. The van der Waals surface area contributed by atoms with Crippen LogP contribution in [0, 0.1) is 0 Å². The second-order valence-electron chi connectivity index (χ2n) is 8.61. The lowest BCUT2D eigenvalue weighted by molar-refractivity contribution is 0.242. The van der Waals surface area contributed by atoms with E-state index in [1.54, 1.807) is 0 Å². The van der Waals surface area contributed by atoms with Gasteiger partial charge >= 0.3 is 0 Å². The van der Waals surface area contributed by atoms with E-state index in [1.165, 1.54) is 11.1 Å². The van der Waals surface area contributed by atoms with Crippen molar-refractivity contribution in [3.8, 4) is 11.4 Å². The van der Waals surface area contributed by atoms with E-state index in [0.717, 1.165) is 36.3 Å². The third kappa shape index (κ3) is 3.92. The molecule has 0 fully saturated rings. The maximum absolute atomic E-state index is 12.7. The standard InChI is InChI=1S/C24H27N3O/c1-24(2,3)19-11-9-17(10-12-19)15-27-14-13-21-20(16-27)23(28)26-22(25-21)18-7-5-4-6-8-18/h4-12H,13-16H2,1-3H3,(H,25,26,28). The molecule has 4 rings (SSSR count). The first-order valence-corrected chi connectivity index (χ1v) is 9.89. The Balaban J connectivity index is 1.51. The van der Waals surface area contributed by atoms with Gasteiger partial charge in [0.1, 0.15) is 5.82 Å². The first kappa shape index (κ1) is 18.6. The molecule has 2 heterocycles. The monoisotopic (exact) mass is 373 g/mol. The van der Waals surface area contributed by atoms with Gasteiger partial charge in [-0.1, -0.05) is 75.4 Å². The fraction of sp³-hybridized carbons (Fsp3) is 0.333. The van der Waals surface area contributed by atoms with Gasteiger partial charge < -0.3 is 4.98 Å². The quantitative estimate of drug-likeness (QED) is 0.745. The maximum atomic E-state index is 12.7. The molecule has 0 unspecified atom stereocenters. The van der Waals surface area contributed by atoms with Crippen LogP contribution in [-0.2, 0) is 24.9 Å². The van der Waals surface area contributed by atoms with Gasteiger partial charge in [0, 0.05) is 31.6 Å². The summed E-state index contributed by atoms with van der Waals surface area (Å²) >= 11 is 0. The van der Waals surface area contributed by atoms with Gasteiger partial charge in [0.15, 0.2) is 0 Å². The third-order valence-electron chi connectivity index (χ3n) is 5.42. The Hall–Kier alpha value is -2.72. The molecule has 1 aliphatic heterocycles. The van der Waals surface area contributed by atoms with E-state index < -0.39 is 0 Å². The predicted octanol–water partition coefficient (Wildman–Crippen LogP) is 4.29. The molecule has 28 heavy (non-hydrogen) atoms. The lowest BCUT2D eigenvalue weighted by Gasteiger charge is -2.28. The summed E-state index contributed by atoms with van der Waals surface area (Å²) in [7, 11) is 0.